The molecule has 0 bridgehead atoms. The van der Waals surface area contributed by atoms with Gasteiger partial charge in [-0.1, -0.05) is 13.8 Å². The van der Waals surface area contributed by atoms with Crippen LogP contribution in [0.25, 0.3) is 0 Å². The number of aliphatic carboxylic acids is 1. The Kier molecular flexibility index (Phi) is 7.17. The van der Waals surface area contributed by atoms with Gasteiger partial charge in [-0.2, -0.15) is 0 Å². The molecule has 0 atom stereocenters. The van der Waals surface area contributed by atoms with Crippen molar-refractivity contribution in [3.63, 3.8) is 0 Å². The molecule has 5 nitrogen and oxygen atoms in total. The van der Waals surface area contributed by atoms with E-state index in [1.165, 1.54) is 13.8 Å². The van der Waals surface area contributed by atoms with Crippen LogP contribution in [0.2, 0.25) is 0 Å². The smallest absolute Gasteiger partial charge is 0.311 e. The first-order chi connectivity index (χ1) is 6.63. The van der Waals surface area contributed by atoms with Crippen molar-refractivity contribution in [2.24, 2.45) is 10.8 Å². The summed E-state index contributed by atoms with van der Waals surface area (Å²) in [5.41, 5.74) is -1.53. The SMILES string of the molecule is CC(C)(C=O)CO.CC(C)(CO)C(=O)O. The van der Waals surface area contributed by atoms with Crippen molar-refractivity contribution in [1.29, 1.82) is 0 Å². The molecule has 90 valence electrons. The van der Waals surface area contributed by atoms with Crippen molar-refractivity contribution in [2.45, 2.75) is 27.7 Å². The number of carbonyl (C=O) groups excluding carboxylic acids is 1. The molecule has 0 aromatic rings. The summed E-state index contributed by atoms with van der Waals surface area (Å²) in [6.45, 7) is 5.91. The summed E-state index contributed by atoms with van der Waals surface area (Å²) in [5, 5.41) is 25.0. The standard InChI is InChI=1S/C5H10O3.C5H10O2/c1-5(2,3-6)4(7)8;1-5(2,3-6)4-7/h6H,3H2,1-2H3,(H,7,8);3,7H,4H2,1-2H3. The zero-order valence-corrected chi connectivity index (χ0v) is 9.65. The average molecular weight is 220 g/mol. The molecule has 0 rings (SSSR count). The van der Waals surface area contributed by atoms with Crippen molar-refractivity contribution in [3.8, 4) is 0 Å². The summed E-state index contributed by atoms with van der Waals surface area (Å²) in [5.74, 6) is -0.972. The number of aldehydes is 1. The lowest BCUT2D eigenvalue weighted by atomic mass is 9.96. The van der Waals surface area contributed by atoms with Gasteiger partial charge in [-0.25, -0.2) is 0 Å². The molecule has 0 heterocycles. The molecule has 0 aromatic heterocycles. The Balaban J connectivity index is 0. The van der Waals surface area contributed by atoms with Gasteiger partial charge in [0.25, 0.3) is 0 Å². The van der Waals surface area contributed by atoms with E-state index in [4.69, 9.17) is 15.3 Å². The molecule has 0 spiro atoms. The number of hydrogen-bond acceptors (Lipinski definition) is 4. The van der Waals surface area contributed by atoms with Gasteiger partial charge in [0.2, 0.25) is 0 Å². The van der Waals surface area contributed by atoms with Gasteiger partial charge in [-0.3, -0.25) is 4.79 Å². The Bertz CT molecular complexity index is 208. The highest BCUT2D eigenvalue weighted by Gasteiger charge is 2.25. The maximum Gasteiger partial charge on any atom is 0.311 e. The lowest BCUT2D eigenvalue weighted by Gasteiger charge is -2.13. The summed E-state index contributed by atoms with van der Waals surface area (Å²) >= 11 is 0. The van der Waals surface area contributed by atoms with E-state index in [1.54, 1.807) is 13.8 Å². The van der Waals surface area contributed by atoms with E-state index in [9.17, 15) is 9.59 Å². The maximum absolute atomic E-state index is 10.1. The molecule has 0 aromatic carbocycles. The maximum atomic E-state index is 10.1. The van der Waals surface area contributed by atoms with Gasteiger partial charge in [0.05, 0.1) is 18.6 Å². The topological polar surface area (TPSA) is 94.8 Å². The summed E-state index contributed by atoms with van der Waals surface area (Å²) in [6.07, 6.45) is 0.743. The number of aliphatic hydroxyl groups is 2. The van der Waals surface area contributed by atoms with E-state index in [-0.39, 0.29) is 13.2 Å². The number of hydrogen-bond donors (Lipinski definition) is 3. The van der Waals surface area contributed by atoms with Crippen LogP contribution in [0, 0.1) is 10.8 Å². The van der Waals surface area contributed by atoms with E-state index in [0.29, 0.717) is 0 Å². The molecule has 0 unspecified atom stereocenters. The van der Waals surface area contributed by atoms with Crippen molar-refractivity contribution < 1.29 is 24.9 Å². The van der Waals surface area contributed by atoms with E-state index < -0.39 is 16.8 Å². The number of aliphatic hydroxyl groups excluding tert-OH is 2. The van der Waals surface area contributed by atoms with Crippen LogP contribution >= 0.6 is 0 Å². The minimum Gasteiger partial charge on any atom is -0.481 e. The zero-order valence-electron chi connectivity index (χ0n) is 9.65. The molecule has 0 aliphatic heterocycles. The Hall–Kier alpha value is -0.940. The summed E-state index contributed by atoms with van der Waals surface area (Å²) in [6, 6.07) is 0. The van der Waals surface area contributed by atoms with Crippen LogP contribution in [0.1, 0.15) is 27.7 Å². The first kappa shape index (κ1) is 16.5. The molecule has 0 saturated heterocycles. The van der Waals surface area contributed by atoms with Gasteiger partial charge in [0.1, 0.15) is 6.29 Å². The van der Waals surface area contributed by atoms with Crippen molar-refractivity contribution in [1.82, 2.24) is 0 Å². The highest BCUT2D eigenvalue weighted by Crippen LogP contribution is 2.12. The number of carboxylic acids is 1. The predicted octanol–water partition coefficient (Wildman–Crippen LogP) is 0.293. The molecule has 0 aliphatic carbocycles. The Labute approximate surface area is 89.7 Å². The molecule has 0 amide bonds. The molecular weight excluding hydrogens is 200 g/mol. The third-order valence-corrected chi connectivity index (χ3v) is 1.70. The van der Waals surface area contributed by atoms with Crippen molar-refractivity contribution in [3.05, 3.63) is 0 Å². The number of carbonyl (C=O) groups is 2. The summed E-state index contributed by atoms with van der Waals surface area (Å²) in [4.78, 5) is 20.0. The molecule has 0 saturated carbocycles. The fourth-order valence-electron chi connectivity index (χ4n) is 0.105. The number of carboxylic acid groups (broad SMARTS) is 1. The van der Waals surface area contributed by atoms with E-state index >= 15 is 0 Å². The van der Waals surface area contributed by atoms with E-state index in [2.05, 4.69) is 0 Å². The Morgan fingerprint density at radius 3 is 1.53 bits per heavy atom. The first-order valence-corrected chi connectivity index (χ1v) is 4.54. The van der Waals surface area contributed by atoms with Crippen molar-refractivity contribution in [2.75, 3.05) is 13.2 Å². The first-order valence-electron chi connectivity index (χ1n) is 4.54. The molecular formula is C10H20O5. The summed E-state index contributed by atoms with van der Waals surface area (Å²) in [7, 11) is 0. The van der Waals surface area contributed by atoms with Gasteiger partial charge >= 0.3 is 5.97 Å². The average Bonchev–Trinajstić information content (AvgIpc) is 2.18. The van der Waals surface area contributed by atoms with Crippen LogP contribution in [0.5, 0.6) is 0 Å². The molecule has 5 heteroatoms. The zero-order chi connectivity index (χ0) is 12.7. The van der Waals surface area contributed by atoms with Crippen LogP contribution < -0.4 is 0 Å². The lowest BCUT2D eigenvalue weighted by molar-refractivity contribution is -0.148. The fourth-order valence-corrected chi connectivity index (χ4v) is 0.105. The van der Waals surface area contributed by atoms with E-state index in [1.807, 2.05) is 0 Å². The van der Waals surface area contributed by atoms with Crippen LogP contribution in [-0.4, -0.2) is 40.8 Å². The molecule has 15 heavy (non-hydrogen) atoms. The van der Waals surface area contributed by atoms with Gasteiger partial charge in [0, 0.05) is 5.41 Å². The van der Waals surface area contributed by atoms with Gasteiger partial charge in [-0.05, 0) is 13.8 Å². The quantitative estimate of drug-likeness (QED) is 0.592. The van der Waals surface area contributed by atoms with Gasteiger partial charge in [0.15, 0.2) is 0 Å². The molecule has 0 radical (unpaired) electrons. The fraction of sp³-hybridized carbons (Fsp3) is 0.800. The molecule has 3 N–H and O–H groups in total. The van der Waals surface area contributed by atoms with Gasteiger partial charge in [-0.15, -0.1) is 0 Å². The van der Waals surface area contributed by atoms with Crippen LogP contribution in [0.4, 0.5) is 0 Å². The molecule has 0 aliphatic rings. The summed E-state index contributed by atoms with van der Waals surface area (Å²) < 4.78 is 0. The largest absolute Gasteiger partial charge is 0.481 e. The van der Waals surface area contributed by atoms with Gasteiger partial charge < -0.3 is 20.1 Å². The predicted molar refractivity (Wildman–Crippen MR) is 55.4 cm³/mol. The monoisotopic (exact) mass is 220 g/mol. The second-order valence-corrected chi connectivity index (χ2v) is 4.61. The Morgan fingerprint density at radius 2 is 1.53 bits per heavy atom. The second-order valence-electron chi connectivity index (χ2n) is 4.61. The normalized spacial score (nSPS) is 11.3. The highest BCUT2D eigenvalue weighted by molar-refractivity contribution is 5.73. The van der Waals surface area contributed by atoms with E-state index in [0.717, 1.165) is 6.29 Å². The minimum atomic E-state index is -0.986. The second kappa shape index (κ2) is 6.53. The van der Waals surface area contributed by atoms with Crippen LogP contribution in [0.3, 0.4) is 0 Å². The van der Waals surface area contributed by atoms with Crippen molar-refractivity contribution >= 4 is 12.3 Å². The van der Waals surface area contributed by atoms with Crippen LogP contribution in [0.15, 0.2) is 0 Å². The third-order valence-electron chi connectivity index (χ3n) is 1.70. The molecule has 0 fully saturated rings. The number of rotatable bonds is 4. The third kappa shape index (κ3) is 8.08. The minimum absolute atomic E-state index is 0.0729. The lowest BCUT2D eigenvalue weighted by Crippen LogP contribution is -2.27. The van der Waals surface area contributed by atoms with Crippen LogP contribution in [-0.2, 0) is 9.59 Å². The Morgan fingerprint density at radius 1 is 1.13 bits per heavy atom. The highest BCUT2D eigenvalue weighted by atomic mass is 16.4.